The minimum atomic E-state index is -4.71. The van der Waals surface area contributed by atoms with Gasteiger partial charge >= 0.3 is 12.3 Å². The maximum Gasteiger partial charge on any atom is 0.522 e. The summed E-state index contributed by atoms with van der Waals surface area (Å²) in [6.45, 7) is -0.638. The number of carbonyl (C=O) groups is 1. The predicted octanol–water partition coefficient (Wildman–Crippen LogP) is 0.102. The number of halogens is 3. The predicted molar refractivity (Wildman–Crippen MR) is 56.1 cm³/mol. The van der Waals surface area contributed by atoms with Gasteiger partial charge in [0.15, 0.2) is 5.69 Å². The van der Waals surface area contributed by atoms with Crippen molar-refractivity contribution in [1.82, 2.24) is 15.0 Å². The Balaban J connectivity index is 2.77. The number of ether oxygens (including phenoxy) is 2. The van der Waals surface area contributed by atoms with Gasteiger partial charge in [-0.3, -0.25) is 4.74 Å². The molecule has 0 fully saturated rings. The van der Waals surface area contributed by atoms with E-state index >= 15 is 0 Å². The highest BCUT2D eigenvalue weighted by molar-refractivity contribution is 5.88. The first-order valence-corrected chi connectivity index (χ1v) is 5.30. The monoisotopic (exact) mass is 282 g/mol. The van der Waals surface area contributed by atoms with E-state index in [9.17, 15) is 18.0 Å². The first-order valence-electron chi connectivity index (χ1n) is 5.30. The van der Waals surface area contributed by atoms with Crippen molar-refractivity contribution in [1.29, 1.82) is 0 Å². The third-order valence-electron chi connectivity index (χ3n) is 2.17. The van der Waals surface area contributed by atoms with Gasteiger partial charge in [-0.1, -0.05) is 5.21 Å². The van der Waals surface area contributed by atoms with Gasteiger partial charge in [0.05, 0.1) is 26.0 Å². The lowest BCUT2D eigenvalue weighted by Crippen LogP contribution is -2.20. The number of hydrogen-bond donors (Lipinski definition) is 1. The standard InChI is InChI=1S/C9H13F3N4O3/c1-18-8(17)7-6(2-3-13)16(15-14-7)4-5-19-9(10,11)12/h2-5,13H2,1H3. The van der Waals surface area contributed by atoms with Crippen LogP contribution in [0.5, 0.6) is 0 Å². The number of esters is 1. The van der Waals surface area contributed by atoms with Crippen LogP contribution in [0.3, 0.4) is 0 Å². The molecule has 2 N–H and O–H groups in total. The van der Waals surface area contributed by atoms with Crippen LogP contribution in [0, 0.1) is 0 Å². The second-order valence-electron chi connectivity index (χ2n) is 3.43. The molecule has 7 nitrogen and oxygen atoms in total. The molecule has 10 heteroatoms. The van der Waals surface area contributed by atoms with Crippen molar-refractivity contribution < 1.29 is 27.4 Å². The molecule has 0 atom stereocenters. The molecular weight excluding hydrogens is 269 g/mol. The maximum absolute atomic E-state index is 11.8. The molecule has 0 saturated heterocycles. The third kappa shape index (κ3) is 4.48. The highest BCUT2D eigenvalue weighted by Crippen LogP contribution is 2.16. The minimum absolute atomic E-state index is 0.0556. The average molecular weight is 282 g/mol. The largest absolute Gasteiger partial charge is 0.522 e. The third-order valence-corrected chi connectivity index (χ3v) is 2.17. The zero-order valence-corrected chi connectivity index (χ0v) is 10.1. The SMILES string of the molecule is COC(=O)c1nnn(CCOC(F)(F)F)c1CCN. The van der Waals surface area contributed by atoms with Crippen LogP contribution in [0.2, 0.25) is 0 Å². The van der Waals surface area contributed by atoms with Crippen molar-refractivity contribution in [3.8, 4) is 0 Å². The Hall–Kier alpha value is -1.68. The van der Waals surface area contributed by atoms with Crippen molar-refractivity contribution in [2.24, 2.45) is 5.73 Å². The molecule has 0 unspecified atom stereocenters. The Morgan fingerprint density at radius 3 is 2.68 bits per heavy atom. The maximum atomic E-state index is 11.8. The fraction of sp³-hybridized carbons (Fsp3) is 0.667. The van der Waals surface area contributed by atoms with E-state index in [2.05, 4.69) is 19.8 Å². The first kappa shape index (κ1) is 15.4. The van der Waals surface area contributed by atoms with Gasteiger partial charge in [-0.25, -0.2) is 9.48 Å². The van der Waals surface area contributed by atoms with Crippen molar-refractivity contribution in [3.63, 3.8) is 0 Å². The molecule has 19 heavy (non-hydrogen) atoms. The van der Waals surface area contributed by atoms with Crippen LogP contribution in [0.4, 0.5) is 13.2 Å². The van der Waals surface area contributed by atoms with Gasteiger partial charge in [0.1, 0.15) is 0 Å². The van der Waals surface area contributed by atoms with Crippen molar-refractivity contribution in [3.05, 3.63) is 11.4 Å². The van der Waals surface area contributed by atoms with E-state index in [4.69, 9.17) is 5.73 Å². The average Bonchev–Trinajstić information content (AvgIpc) is 2.71. The molecule has 0 amide bonds. The van der Waals surface area contributed by atoms with E-state index in [0.29, 0.717) is 5.69 Å². The van der Waals surface area contributed by atoms with Crippen molar-refractivity contribution in [2.75, 3.05) is 20.3 Å². The van der Waals surface area contributed by atoms with E-state index in [0.717, 1.165) is 4.68 Å². The minimum Gasteiger partial charge on any atom is -0.464 e. The molecule has 1 aromatic heterocycles. The van der Waals surface area contributed by atoms with Gasteiger partial charge in [0.2, 0.25) is 0 Å². The Morgan fingerprint density at radius 1 is 1.47 bits per heavy atom. The van der Waals surface area contributed by atoms with Gasteiger partial charge in [-0.2, -0.15) is 0 Å². The fourth-order valence-corrected chi connectivity index (χ4v) is 1.40. The van der Waals surface area contributed by atoms with Crippen molar-refractivity contribution >= 4 is 5.97 Å². The molecule has 0 radical (unpaired) electrons. The summed E-state index contributed by atoms with van der Waals surface area (Å²) >= 11 is 0. The zero-order chi connectivity index (χ0) is 14.5. The summed E-state index contributed by atoms with van der Waals surface area (Å²) in [5, 5.41) is 7.15. The molecule has 0 aliphatic heterocycles. The summed E-state index contributed by atoms with van der Waals surface area (Å²) in [6, 6.07) is 0. The Labute approximate surface area is 106 Å². The van der Waals surface area contributed by atoms with Crippen LogP contribution in [0.15, 0.2) is 0 Å². The summed E-state index contributed by atoms with van der Waals surface area (Å²) in [4.78, 5) is 11.4. The fourth-order valence-electron chi connectivity index (χ4n) is 1.40. The number of nitrogens with two attached hydrogens (primary N) is 1. The Kier molecular flexibility index (Phi) is 5.24. The molecule has 0 aliphatic carbocycles. The number of alkyl halides is 3. The second kappa shape index (κ2) is 6.48. The zero-order valence-electron chi connectivity index (χ0n) is 10.1. The highest BCUT2D eigenvalue weighted by atomic mass is 19.4. The molecule has 1 aromatic rings. The molecule has 1 rings (SSSR count). The molecule has 0 aliphatic rings. The van der Waals surface area contributed by atoms with Gasteiger partial charge in [0, 0.05) is 6.42 Å². The lowest BCUT2D eigenvalue weighted by molar-refractivity contribution is -0.325. The topological polar surface area (TPSA) is 92.3 Å². The van der Waals surface area contributed by atoms with E-state index in [1.54, 1.807) is 0 Å². The smallest absolute Gasteiger partial charge is 0.464 e. The highest BCUT2D eigenvalue weighted by Gasteiger charge is 2.29. The van der Waals surface area contributed by atoms with Crippen LogP contribution in [0.25, 0.3) is 0 Å². The van der Waals surface area contributed by atoms with Crippen molar-refractivity contribution in [2.45, 2.75) is 19.3 Å². The van der Waals surface area contributed by atoms with Gasteiger partial charge in [0.25, 0.3) is 0 Å². The van der Waals surface area contributed by atoms with E-state index in [-0.39, 0.29) is 25.2 Å². The van der Waals surface area contributed by atoms with Gasteiger partial charge in [-0.05, 0) is 6.54 Å². The van der Waals surface area contributed by atoms with E-state index in [1.807, 2.05) is 0 Å². The van der Waals surface area contributed by atoms with E-state index in [1.165, 1.54) is 7.11 Å². The van der Waals surface area contributed by atoms with Gasteiger partial charge < -0.3 is 10.5 Å². The Bertz CT molecular complexity index is 433. The number of methoxy groups -OCH3 is 1. The molecule has 108 valence electrons. The Morgan fingerprint density at radius 2 is 2.16 bits per heavy atom. The van der Waals surface area contributed by atoms with Crippen LogP contribution < -0.4 is 5.73 Å². The summed E-state index contributed by atoms with van der Waals surface area (Å²) in [5.41, 5.74) is 5.63. The second-order valence-corrected chi connectivity index (χ2v) is 3.43. The van der Waals surface area contributed by atoms with Crippen LogP contribution in [0.1, 0.15) is 16.2 Å². The summed E-state index contributed by atoms with van der Waals surface area (Å²) in [7, 11) is 1.17. The molecule has 0 aromatic carbocycles. The molecule has 0 saturated carbocycles. The number of carbonyl (C=O) groups excluding carboxylic acids is 1. The van der Waals surface area contributed by atoms with E-state index < -0.39 is 18.9 Å². The lowest BCUT2D eigenvalue weighted by Gasteiger charge is -2.09. The number of rotatable bonds is 6. The number of aromatic nitrogens is 3. The van der Waals surface area contributed by atoms with Crippen LogP contribution in [-0.4, -0.2) is 47.6 Å². The molecule has 0 bridgehead atoms. The van der Waals surface area contributed by atoms with Crippen LogP contribution >= 0.6 is 0 Å². The quantitative estimate of drug-likeness (QED) is 0.744. The lowest BCUT2D eigenvalue weighted by atomic mass is 10.2. The molecule has 1 heterocycles. The van der Waals surface area contributed by atoms with Crippen LogP contribution in [-0.2, 0) is 22.4 Å². The number of nitrogens with zero attached hydrogens (tertiary/aromatic N) is 3. The normalized spacial score (nSPS) is 11.6. The molecular formula is C9H13F3N4O3. The first-order chi connectivity index (χ1) is 8.89. The van der Waals surface area contributed by atoms with Gasteiger partial charge in [-0.15, -0.1) is 18.3 Å². The molecule has 0 spiro atoms. The summed E-state index contributed by atoms with van der Waals surface area (Å²) in [6.07, 6.45) is -4.47. The summed E-state index contributed by atoms with van der Waals surface area (Å²) in [5.74, 6) is -0.716. The summed E-state index contributed by atoms with van der Waals surface area (Å²) < 4.78 is 44.8. The number of hydrogen-bond acceptors (Lipinski definition) is 6.